The van der Waals surface area contributed by atoms with Crippen LogP contribution in [0.2, 0.25) is 0 Å². The number of aliphatic hydroxyl groups is 1. The van der Waals surface area contributed by atoms with Gasteiger partial charge in [0.1, 0.15) is 5.82 Å². The molecule has 0 aromatic heterocycles. The molecular formula is C18H23FN2O3. The number of fused-ring (bicyclic) bond motifs is 1. The highest BCUT2D eigenvalue weighted by atomic mass is 19.1. The molecule has 2 unspecified atom stereocenters. The van der Waals surface area contributed by atoms with E-state index >= 15 is 0 Å². The van der Waals surface area contributed by atoms with Crippen molar-refractivity contribution in [2.75, 3.05) is 18.9 Å². The summed E-state index contributed by atoms with van der Waals surface area (Å²) in [7, 11) is 1.64. The maximum absolute atomic E-state index is 14.3. The molecule has 2 aliphatic rings. The molecule has 3 rings (SSSR count). The van der Waals surface area contributed by atoms with E-state index in [0.717, 1.165) is 31.2 Å². The first-order chi connectivity index (χ1) is 11.5. The zero-order valence-electron chi connectivity index (χ0n) is 13.8. The maximum atomic E-state index is 14.3. The number of hydrogen-bond acceptors (Lipinski definition) is 3. The topological polar surface area (TPSA) is 69.6 Å². The zero-order chi connectivity index (χ0) is 17.3. The Morgan fingerprint density at radius 3 is 2.83 bits per heavy atom. The number of benzene rings is 1. The number of amides is 2. The predicted molar refractivity (Wildman–Crippen MR) is 88.3 cm³/mol. The van der Waals surface area contributed by atoms with Crippen molar-refractivity contribution in [1.82, 2.24) is 4.90 Å². The van der Waals surface area contributed by atoms with E-state index in [1.165, 1.54) is 11.0 Å². The molecule has 1 aliphatic carbocycles. The van der Waals surface area contributed by atoms with Crippen LogP contribution in [-0.2, 0) is 11.2 Å². The van der Waals surface area contributed by atoms with E-state index in [0.29, 0.717) is 25.1 Å². The van der Waals surface area contributed by atoms with Crippen molar-refractivity contribution >= 4 is 17.5 Å². The first kappa shape index (κ1) is 16.9. The largest absolute Gasteiger partial charge is 0.393 e. The molecule has 2 atom stereocenters. The van der Waals surface area contributed by atoms with Crippen molar-refractivity contribution in [3.8, 4) is 0 Å². The van der Waals surface area contributed by atoms with Gasteiger partial charge in [-0.25, -0.2) is 4.39 Å². The predicted octanol–water partition coefficient (Wildman–Crippen LogP) is 2.33. The van der Waals surface area contributed by atoms with Crippen molar-refractivity contribution in [2.24, 2.45) is 5.92 Å². The lowest BCUT2D eigenvalue weighted by atomic mass is 9.86. The third kappa shape index (κ3) is 3.43. The van der Waals surface area contributed by atoms with Gasteiger partial charge in [0.2, 0.25) is 5.91 Å². The lowest BCUT2D eigenvalue weighted by molar-refractivity contribution is -0.116. The molecule has 6 heteroatoms. The molecule has 5 nitrogen and oxygen atoms in total. The van der Waals surface area contributed by atoms with Gasteiger partial charge in [-0.2, -0.15) is 0 Å². The molecule has 24 heavy (non-hydrogen) atoms. The van der Waals surface area contributed by atoms with Gasteiger partial charge >= 0.3 is 0 Å². The third-order valence-corrected chi connectivity index (χ3v) is 5.04. The van der Waals surface area contributed by atoms with Gasteiger partial charge in [0.15, 0.2) is 0 Å². The smallest absolute Gasteiger partial charge is 0.256 e. The van der Waals surface area contributed by atoms with Gasteiger partial charge in [-0.15, -0.1) is 0 Å². The molecule has 2 N–H and O–H groups in total. The molecule has 2 amide bonds. The Kier molecular flexibility index (Phi) is 4.85. The van der Waals surface area contributed by atoms with Crippen molar-refractivity contribution < 1.29 is 19.1 Å². The Labute approximate surface area is 140 Å². The van der Waals surface area contributed by atoms with Crippen LogP contribution in [0.25, 0.3) is 0 Å². The second-order valence-corrected chi connectivity index (χ2v) is 6.83. The molecule has 1 heterocycles. The highest BCUT2D eigenvalue weighted by Crippen LogP contribution is 2.28. The minimum Gasteiger partial charge on any atom is -0.393 e. The lowest BCUT2D eigenvalue weighted by Crippen LogP contribution is -2.38. The number of aryl methyl sites for hydroxylation is 1. The molecular weight excluding hydrogens is 311 g/mol. The standard InChI is InChI=1S/C18H23FN2O3/c1-21(10-12-4-2-3-5-16(12)22)18(24)13-8-11-6-7-17(23)20-15(11)9-14(13)19/h8-9,12,16,22H,2-7,10H2,1H3,(H,20,23). The first-order valence-electron chi connectivity index (χ1n) is 8.51. The van der Waals surface area contributed by atoms with Gasteiger partial charge in [-0.1, -0.05) is 12.8 Å². The Hall–Kier alpha value is -1.95. The highest BCUT2D eigenvalue weighted by Gasteiger charge is 2.27. The molecule has 0 spiro atoms. The summed E-state index contributed by atoms with van der Waals surface area (Å²) in [5, 5.41) is 12.7. The van der Waals surface area contributed by atoms with E-state index in [1.54, 1.807) is 13.1 Å². The molecule has 130 valence electrons. The Morgan fingerprint density at radius 2 is 2.08 bits per heavy atom. The van der Waals surface area contributed by atoms with Crippen LogP contribution in [0.3, 0.4) is 0 Å². The van der Waals surface area contributed by atoms with E-state index < -0.39 is 11.9 Å². The highest BCUT2D eigenvalue weighted by molar-refractivity contribution is 5.98. The van der Waals surface area contributed by atoms with Gasteiger partial charge < -0.3 is 15.3 Å². The van der Waals surface area contributed by atoms with Crippen LogP contribution in [0.4, 0.5) is 10.1 Å². The van der Waals surface area contributed by atoms with Gasteiger partial charge in [0.05, 0.1) is 11.7 Å². The summed E-state index contributed by atoms with van der Waals surface area (Å²) in [6.45, 7) is 0.424. The summed E-state index contributed by atoms with van der Waals surface area (Å²) in [4.78, 5) is 25.5. The minimum atomic E-state index is -0.628. The van der Waals surface area contributed by atoms with Gasteiger partial charge in [0, 0.05) is 31.6 Å². The number of hydrogen-bond donors (Lipinski definition) is 2. The number of nitrogens with zero attached hydrogens (tertiary/aromatic N) is 1. The second-order valence-electron chi connectivity index (χ2n) is 6.83. The molecule has 0 saturated heterocycles. The summed E-state index contributed by atoms with van der Waals surface area (Å²) in [6, 6.07) is 2.77. The molecule has 0 bridgehead atoms. The number of nitrogens with one attached hydrogen (secondary N) is 1. The van der Waals surface area contributed by atoms with Crippen molar-refractivity contribution in [1.29, 1.82) is 0 Å². The summed E-state index contributed by atoms with van der Waals surface area (Å²) < 4.78 is 14.3. The van der Waals surface area contributed by atoms with Crippen LogP contribution < -0.4 is 5.32 Å². The number of anilines is 1. The normalized spacial score (nSPS) is 23.4. The summed E-state index contributed by atoms with van der Waals surface area (Å²) in [5.74, 6) is -1.10. The monoisotopic (exact) mass is 334 g/mol. The Bertz CT molecular complexity index is 662. The van der Waals surface area contributed by atoms with Crippen LogP contribution >= 0.6 is 0 Å². The molecule has 1 aliphatic heterocycles. The lowest BCUT2D eigenvalue weighted by Gasteiger charge is -2.31. The summed E-state index contributed by atoms with van der Waals surface area (Å²) >= 11 is 0. The van der Waals surface area contributed by atoms with Crippen LogP contribution in [0.15, 0.2) is 12.1 Å². The van der Waals surface area contributed by atoms with Crippen molar-refractivity contribution in [3.05, 3.63) is 29.1 Å². The van der Waals surface area contributed by atoms with Crippen molar-refractivity contribution in [3.63, 3.8) is 0 Å². The number of rotatable bonds is 3. The first-order valence-corrected chi connectivity index (χ1v) is 8.51. The average Bonchev–Trinajstić information content (AvgIpc) is 2.55. The van der Waals surface area contributed by atoms with E-state index in [2.05, 4.69) is 5.32 Å². The number of halogens is 1. The van der Waals surface area contributed by atoms with Crippen LogP contribution in [0, 0.1) is 11.7 Å². The third-order valence-electron chi connectivity index (χ3n) is 5.04. The Balaban J connectivity index is 1.75. The molecule has 1 aromatic rings. The Morgan fingerprint density at radius 1 is 1.33 bits per heavy atom. The summed E-state index contributed by atoms with van der Waals surface area (Å²) in [5.41, 5.74) is 1.26. The van der Waals surface area contributed by atoms with Gasteiger partial charge in [0.25, 0.3) is 5.91 Å². The van der Waals surface area contributed by atoms with E-state index in [4.69, 9.17) is 0 Å². The molecule has 0 radical (unpaired) electrons. The number of carbonyl (C=O) groups excluding carboxylic acids is 2. The molecule has 1 saturated carbocycles. The molecule has 1 fully saturated rings. The van der Waals surface area contributed by atoms with E-state index in [-0.39, 0.29) is 23.3 Å². The van der Waals surface area contributed by atoms with Crippen LogP contribution in [0.1, 0.15) is 48.0 Å². The maximum Gasteiger partial charge on any atom is 0.256 e. The quantitative estimate of drug-likeness (QED) is 0.891. The SMILES string of the molecule is CN(CC1CCCCC1O)C(=O)c1cc2c(cc1F)NC(=O)CC2. The number of aliphatic hydroxyl groups excluding tert-OH is 1. The fourth-order valence-corrected chi connectivity index (χ4v) is 3.61. The minimum absolute atomic E-state index is 0.0256. The van der Waals surface area contributed by atoms with E-state index in [1.807, 2.05) is 0 Å². The van der Waals surface area contributed by atoms with Crippen LogP contribution in [0.5, 0.6) is 0 Å². The second kappa shape index (κ2) is 6.89. The fourth-order valence-electron chi connectivity index (χ4n) is 3.61. The summed E-state index contributed by atoms with van der Waals surface area (Å²) in [6.07, 6.45) is 4.18. The average molecular weight is 334 g/mol. The van der Waals surface area contributed by atoms with Gasteiger partial charge in [-0.05, 0) is 37.0 Å². The molecule has 1 aromatic carbocycles. The van der Waals surface area contributed by atoms with Crippen molar-refractivity contribution in [2.45, 2.75) is 44.6 Å². The van der Waals surface area contributed by atoms with E-state index in [9.17, 15) is 19.1 Å². The number of carbonyl (C=O) groups is 2. The van der Waals surface area contributed by atoms with Gasteiger partial charge in [-0.3, -0.25) is 9.59 Å². The fraction of sp³-hybridized carbons (Fsp3) is 0.556. The van der Waals surface area contributed by atoms with Crippen LogP contribution in [-0.4, -0.2) is 41.5 Å². The zero-order valence-corrected chi connectivity index (χ0v) is 13.8.